The van der Waals surface area contributed by atoms with Gasteiger partial charge in [-0.05, 0) is 33.1 Å². The highest BCUT2D eigenvalue weighted by Gasteiger charge is 2.24. The Hall–Kier alpha value is -2.51. The van der Waals surface area contributed by atoms with Gasteiger partial charge in [0, 0.05) is 24.2 Å². The predicted molar refractivity (Wildman–Crippen MR) is 104 cm³/mol. The fourth-order valence-electron chi connectivity index (χ4n) is 2.89. The topological polar surface area (TPSA) is 107 Å². The van der Waals surface area contributed by atoms with Gasteiger partial charge in [0.05, 0.1) is 5.69 Å². The van der Waals surface area contributed by atoms with Gasteiger partial charge in [-0.2, -0.15) is 0 Å². The van der Waals surface area contributed by atoms with E-state index in [0.29, 0.717) is 23.6 Å². The van der Waals surface area contributed by atoms with E-state index >= 15 is 0 Å². The first-order chi connectivity index (χ1) is 12.6. The van der Waals surface area contributed by atoms with Crippen LogP contribution in [0.15, 0.2) is 24.3 Å². The molecule has 7 heteroatoms. The first kappa shape index (κ1) is 21.5. The SMILES string of the molecule is CC.CN.CN1CCCn2c(-c3cccc(C=O)c3)nc(C(N)=O)c2C1. The zero-order chi connectivity index (χ0) is 19.7. The molecule has 0 atom stereocenters. The molecule has 26 heavy (non-hydrogen) atoms. The lowest BCUT2D eigenvalue weighted by molar-refractivity contribution is 0.0993. The summed E-state index contributed by atoms with van der Waals surface area (Å²) in [4.78, 5) is 29.3. The Morgan fingerprint density at radius 3 is 2.54 bits per heavy atom. The van der Waals surface area contributed by atoms with E-state index in [1.807, 2.05) is 37.6 Å². The zero-order valence-electron chi connectivity index (χ0n) is 16.0. The van der Waals surface area contributed by atoms with Crippen molar-refractivity contribution in [2.45, 2.75) is 33.4 Å². The number of amides is 1. The molecule has 0 bridgehead atoms. The fraction of sp³-hybridized carbons (Fsp3) is 0.421. The van der Waals surface area contributed by atoms with E-state index < -0.39 is 5.91 Å². The summed E-state index contributed by atoms with van der Waals surface area (Å²) in [6.45, 7) is 6.37. The molecule has 0 fully saturated rings. The molecule has 4 N–H and O–H groups in total. The molecule has 1 aromatic heterocycles. The summed E-state index contributed by atoms with van der Waals surface area (Å²) < 4.78 is 2.05. The van der Waals surface area contributed by atoms with Crippen LogP contribution in [0.1, 0.15) is 46.8 Å². The number of fused-ring (bicyclic) bond motifs is 1. The summed E-state index contributed by atoms with van der Waals surface area (Å²) in [6.07, 6.45) is 1.77. The quantitative estimate of drug-likeness (QED) is 0.814. The summed E-state index contributed by atoms with van der Waals surface area (Å²) in [5.74, 6) is 0.180. The summed E-state index contributed by atoms with van der Waals surface area (Å²) in [6, 6.07) is 7.23. The average Bonchev–Trinajstić information content (AvgIpc) is 2.92. The third kappa shape index (κ3) is 4.77. The largest absolute Gasteiger partial charge is 0.364 e. The Morgan fingerprint density at radius 1 is 1.23 bits per heavy atom. The second kappa shape index (κ2) is 10.5. The number of carbonyl (C=O) groups excluding carboxylic acids is 2. The van der Waals surface area contributed by atoms with Crippen LogP contribution in [0, 0.1) is 0 Å². The average molecular weight is 359 g/mol. The number of hydrogen-bond donors (Lipinski definition) is 2. The molecule has 1 aromatic carbocycles. The van der Waals surface area contributed by atoms with Crippen LogP contribution in [0.25, 0.3) is 11.4 Å². The molecule has 3 rings (SSSR count). The molecule has 7 nitrogen and oxygen atoms in total. The Balaban J connectivity index is 0.000000791. The number of nitrogens with zero attached hydrogens (tertiary/aromatic N) is 3. The molecule has 0 radical (unpaired) electrons. The molecular weight excluding hydrogens is 330 g/mol. The minimum Gasteiger partial charge on any atom is -0.364 e. The number of benzene rings is 1. The second-order valence-corrected chi connectivity index (χ2v) is 5.58. The van der Waals surface area contributed by atoms with Crippen LogP contribution in [-0.2, 0) is 13.1 Å². The Morgan fingerprint density at radius 2 is 1.92 bits per heavy atom. The van der Waals surface area contributed by atoms with Crippen molar-refractivity contribution < 1.29 is 9.59 Å². The normalized spacial score (nSPS) is 13.3. The summed E-state index contributed by atoms with van der Waals surface area (Å²) in [5, 5.41) is 0. The molecule has 0 aliphatic carbocycles. The van der Waals surface area contributed by atoms with Gasteiger partial charge in [-0.15, -0.1) is 0 Å². The fourth-order valence-corrected chi connectivity index (χ4v) is 2.89. The van der Waals surface area contributed by atoms with Gasteiger partial charge in [0.2, 0.25) is 0 Å². The number of primary amides is 1. The van der Waals surface area contributed by atoms with E-state index in [1.54, 1.807) is 12.1 Å². The van der Waals surface area contributed by atoms with E-state index in [2.05, 4.69) is 15.6 Å². The van der Waals surface area contributed by atoms with Crippen LogP contribution in [0.3, 0.4) is 0 Å². The number of aldehydes is 1. The van der Waals surface area contributed by atoms with Gasteiger partial charge >= 0.3 is 0 Å². The van der Waals surface area contributed by atoms with Crippen molar-refractivity contribution in [2.75, 3.05) is 20.6 Å². The highest BCUT2D eigenvalue weighted by molar-refractivity contribution is 5.93. The van der Waals surface area contributed by atoms with E-state index in [0.717, 1.165) is 37.1 Å². The zero-order valence-corrected chi connectivity index (χ0v) is 16.0. The summed E-state index contributed by atoms with van der Waals surface area (Å²) in [7, 11) is 3.51. The standard InChI is InChI=1S/C16H18N4O2.C2H6.CH5N/c1-19-6-3-7-20-13(9-19)14(15(17)22)18-16(20)12-5-2-4-11(8-12)10-21;2*1-2/h2,4-5,8,10H,3,6-7,9H2,1H3,(H2,17,22);1-2H3;2H2,1H3. The Kier molecular flexibility index (Phi) is 8.67. The van der Waals surface area contributed by atoms with Crippen LogP contribution in [0.4, 0.5) is 0 Å². The molecular formula is C19H29N5O2. The highest BCUT2D eigenvalue weighted by atomic mass is 16.1. The maximum atomic E-state index is 11.7. The van der Waals surface area contributed by atoms with Crippen molar-refractivity contribution in [1.82, 2.24) is 14.5 Å². The van der Waals surface area contributed by atoms with Crippen molar-refractivity contribution in [3.63, 3.8) is 0 Å². The van der Waals surface area contributed by atoms with Gasteiger partial charge in [-0.3, -0.25) is 9.59 Å². The van der Waals surface area contributed by atoms with Crippen molar-refractivity contribution in [2.24, 2.45) is 11.5 Å². The lowest BCUT2D eigenvalue weighted by atomic mass is 10.1. The van der Waals surface area contributed by atoms with Gasteiger partial charge in [0.15, 0.2) is 5.69 Å². The van der Waals surface area contributed by atoms with Crippen LogP contribution >= 0.6 is 0 Å². The van der Waals surface area contributed by atoms with E-state index in [4.69, 9.17) is 5.73 Å². The molecule has 142 valence electrons. The summed E-state index contributed by atoms with van der Waals surface area (Å²) in [5.41, 5.74) is 12.6. The van der Waals surface area contributed by atoms with Crippen molar-refractivity contribution in [3.8, 4) is 11.4 Å². The Labute approximate surface area is 155 Å². The van der Waals surface area contributed by atoms with Gasteiger partial charge in [0.25, 0.3) is 5.91 Å². The third-order valence-corrected chi connectivity index (χ3v) is 3.93. The van der Waals surface area contributed by atoms with E-state index in [1.165, 1.54) is 7.05 Å². The van der Waals surface area contributed by atoms with Crippen molar-refractivity contribution in [3.05, 3.63) is 41.2 Å². The Bertz CT molecular complexity index is 740. The smallest absolute Gasteiger partial charge is 0.269 e. The van der Waals surface area contributed by atoms with Gasteiger partial charge in [-0.25, -0.2) is 4.98 Å². The van der Waals surface area contributed by atoms with Gasteiger partial charge < -0.3 is 20.9 Å². The molecule has 1 aliphatic rings. The highest BCUT2D eigenvalue weighted by Crippen LogP contribution is 2.26. The third-order valence-electron chi connectivity index (χ3n) is 3.93. The van der Waals surface area contributed by atoms with Crippen molar-refractivity contribution >= 4 is 12.2 Å². The van der Waals surface area contributed by atoms with Crippen LogP contribution in [0.5, 0.6) is 0 Å². The number of imidazole rings is 1. The minimum absolute atomic E-state index is 0.320. The van der Waals surface area contributed by atoms with Crippen LogP contribution in [0.2, 0.25) is 0 Å². The number of aromatic nitrogens is 2. The minimum atomic E-state index is -0.517. The maximum Gasteiger partial charge on any atom is 0.269 e. The van der Waals surface area contributed by atoms with Gasteiger partial charge in [0.1, 0.15) is 12.1 Å². The lowest BCUT2D eigenvalue weighted by Gasteiger charge is -2.12. The van der Waals surface area contributed by atoms with Crippen LogP contribution in [-0.4, -0.2) is 47.3 Å². The molecule has 0 saturated heterocycles. The molecule has 0 unspecified atom stereocenters. The predicted octanol–water partition coefficient (Wildman–Crippen LogP) is 1.90. The molecule has 1 aliphatic heterocycles. The van der Waals surface area contributed by atoms with Gasteiger partial charge in [-0.1, -0.05) is 32.0 Å². The summed E-state index contributed by atoms with van der Waals surface area (Å²) >= 11 is 0. The molecule has 2 aromatic rings. The molecule has 0 saturated carbocycles. The second-order valence-electron chi connectivity index (χ2n) is 5.58. The number of carbonyl (C=O) groups is 2. The van der Waals surface area contributed by atoms with Crippen LogP contribution < -0.4 is 11.5 Å². The first-order valence-electron chi connectivity index (χ1n) is 8.81. The number of rotatable bonds is 3. The number of nitrogens with two attached hydrogens (primary N) is 2. The molecule has 0 spiro atoms. The monoisotopic (exact) mass is 359 g/mol. The van der Waals surface area contributed by atoms with E-state index in [9.17, 15) is 9.59 Å². The maximum absolute atomic E-state index is 11.7. The van der Waals surface area contributed by atoms with E-state index in [-0.39, 0.29) is 0 Å². The van der Waals surface area contributed by atoms with Crippen molar-refractivity contribution in [1.29, 1.82) is 0 Å². The first-order valence-corrected chi connectivity index (χ1v) is 8.81. The molecule has 1 amide bonds. The molecule has 2 heterocycles. The number of hydrogen-bond acceptors (Lipinski definition) is 5. The lowest BCUT2D eigenvalue weighted by Crippen LogP contribution is -2.21.